The summed E-state index contributed by atoms with van der Waals surface area (Å²) in [6, 6.07) is 15.0. The van der Waals surface area contributed by atoms with Crippen molar-refractivity contribution in [2.75, 3.05) is 0 Å². The smallest absolute Gasteiger partial charge is 0.0939 e. The van der Waals surface area contributed by atoms with Gasteiger partial charge in [0.25, 0.3) is 0 Å². The van der Waals surface area contributed by atoms with E-state index in [1.165, 1.54) is 22.3 Å². The third kappa shape index (κ3) is 2.75. The van der Waals surface area contributed by atoms with Crippen LogP contribution in [0.5, 0.6) is 0 Å². The summed E-state index contributed by atoms with van der Waals surface area (Å²) in [5, 5.41) is 11.3. The molecule has 0 bridgehead atoms. The molecule has 0 aromatic heterocycles. The van der Waals surface area contributed by atoms with Gasteiger partial charge >= 0.3 is 0 Å². The fourth-order valence-corrected chi connectivity index (χ4v) is 3.79. The highest BCUT2D eigenvalue weighted by Gasteiger charge is 2.36. The molecule has 3 rings (SSSR count). The second-order valence-corrected chi connectivity index (χ2v) is 6.73. The minimum atomic E-state index is -0.719. The Kier molecular flexibility index (Phi) is 3.62. The first-order valence-electron chi connectivity index (χ1n) is 7.87. The average molecular weight is 280 g/mol. The molecule has 2 aromatic carbocycles. The van der Waals surface area contributed by atoms with Crippen molar-refractivity contribution in [2.24, 2.45) is 0 Å². The molecule has 0 heterocycles. The maximum atomic E-state index is 11.3. The van der Waals surface area contributed by atoms with Gasteiger partial charge in [0.15, 0.2) is 0 Å². The van der Waals surface area contributed by atoms with Crippen molar-refractivity contribution < 1.29 is 5.11 Å². The number of benzene rings is 2. The Morgan fingerprint density at radius 1 is 1.10 bits per heavy atom. The SMILES string of the molecule is Cc1cc(C)cc(CC2(O)CCC(C)c3ccccc32)c1. The van der Waals surface area contributed by atoms with Gasteiger partial charge in [0.05, 0.1) is 5.60 Å². The summed E-state index contributed by atoms with van der Waals surface area (Å²) in [4.78, 5) is 0. The van der Waals surface area contributed by atoms with Crippen molar-refractivity contribution in [3.63, 3.8) is 0 Å². The van der Waals surface area contributed by atoms with Crippen LogP contribution in [0.1, 0.15) is 53.5 Å². The number of aryl methyl sites for hydroxylation is 2. The van der Waals surface area contributed by atoms with Gasteiger partial charge in [-0.2, -0.15) is 0 Å². The van der Waals surface area contributed by atoms with Gasteiger partial charge in [0.1, 0.15) is 0 Å². The molecule has 21 heavy (non-hydrogen) atoms. The van der Waals surface area contributed by atoms with Gasteiger partial charge < -0.3 is 5.11 Å². The van der Waals surface area contributed by atoms with Gasteiger partial charge in [0.2, 0.25) is 0 Å². The summed E-state index contributed by atoms with van der Waals surface area (Å²) in [5.41, 5.74) is 5.50. The normalized spacial score (nSPS) is 24.7. The Balaban J connectivity index is 1.99. The van der Waals surface area contributed by atoms with Crippen LogP contribution in [0.15, 0.2) is 42.5 Å². The lowest BCUT2D eigenvalue weighted by Gasteiger charge is -2.37. The van der Waals surface area contributed by atoms with Gasteiger partial charge in [-0.15, -0.1) is 0 Å². The number of rotatable bonds is 2. The number of hydrogen-bond donors (Lipinski definition) is 1. The fraction of sp³-hybridized carbons (Fsp3) is 0.400. The first-order valence-corrected chi connectivity index (χ1v) is 7.87. The molecule has 0 spiro atoms. The molecule has 2 aromatic rings. The van der Waals surface area contributed by atoms with Crippen molar-refractivity contribution >= 4 is 0 Å². The molecule has 1 aliphatic carbocycles. The molecule has 0 radical (unpaired) electrons. The van der Waals surface area contributed by atoms with E-state index in [1.54, 1.807) is 0 Å². The maximum absolute atomic E-state index is 11.3. The fourth-order valence-electron chi connectivity index (χ4n) is 3.79. The number of aliphatic hydroxyl groups is 1. The molecule has 0 fully saturated rings. The van der Waals surface area contributed by atoms with Crippen molar-refractivity contribution in [3.8, 4) is 0 Å². The summed E-state index contributed by atoms with van der Waals surface area (Å²) >= 11 is 0. The molecule has 0 saturated carbocycles. The Labute approximate surface area is 127 Å². The van der Waals surface area contributed by atoms with E-state index in [-0.39, 0.29) is 0 Å². The second-order valence-electron chi connectivity index (χ2n) is 6.73. The van der Waals surface area contributed by atoms with Crippen LogP contribution in [0.2, 0.25) is 0 Å². The molecule has 0 saturated heterocycles. The van der Waals surface area contributed by atoms with Crippen molar-refractivity contribution in [1.82, 2.24) is 0 Å². The van der Waals surface area contributed by atoms with Gasteiger partial charge in [-0.1, -0.05) is 60.5 Å². The van der Waals surface area contributed by atoms with Gasteiger partial charge in [-0.3, -0.25) is 0 Å². The van der Waals surface area contributed by atoms with Gasteiger partial charge in [-0.05, 0) is 49.3 Å². The highest BCUT2D eigenvalue weighted by Crippen LogP contribution is 2.43. The molecular weight excluding hydrogens is 256 g/mol. The van der Waals surface area contributed by atoms with E-state index < -0.39 is 5.60 Å². The Morgan fingerprint density at radius 3 is 2.48 bits per heavy atom. The molecule has 1 nitrogen and oxygen atoms in total. The Bertz CT molecular complexity index is 638. The molecule has 1 N–H and O–H groups in total. The summed E-state index contributed by atoms with van der Waals surface area (Å²) in [5.74, 6) is 0.542. The molecule has 2 atom stereocenters. The van der Waals surface area contributed by atoms with Crippen LogP contribution in [0.25, 0.3) is 0 Å². The number of hydrogen-bond acceptors (Lipinski definition) is 1. The topological polar surface area (TPSA) is 20.2 Å². The van der Waals surface area contributed by atoms with E-state index in [4.69, 9.17) is 0 Å². The second kappa shape index (κ2) is 5.31. The summed E-state index contributed by atoms with van der Waals surface area (Å²) < 4.78 is 0. The largest absolute Gasteiger partial charge is 0.385 e. The molecule has 0 aliphatic heterocycles. The van der Waals surface area contributed by atoms with E-state index in [2.05, 4.69) is 57.2 Å². The van der Waals surface area contributed by atoms with Crippen LogP contribution in [-0.2, 0) is 12.0 Å². The maximum Gasteiger partial charge on any atom is 0.0939 e. The van der Waals surface area contributed by atoms with Crippen LogP contribution >= 0.6 is 0 Å². The van der Waals surface area contributed by atoms with Gasteiger partial charge in [-0.25, -0.2) is 0 Å². The van der Waals surface area contributed by atoms with Crippen LogP contribution in [-0.4, -0.2) is 5.11 Å². The zero-order chi connectivity index (χ0) is 15.0. The lowest BCUT2D eigenvalue weighted by molar-refractivity contribution is 0.0159. The molecular formula is C20H24O. The highest BCUT2D eigenvalue weighted by molar-refractivity contribution is 5.39. The molecule has 110 valence electrons. The Morgan fingerprint density at radius 2 is 1.76 bits per heavy atom. The summed E-state index contributed by atoms with van der Waals surface area (Å²) in [7, 11) is 0. The third-order valence-corrected chi connectivity index (χ3v) is 4.76. The monoisotopic (exact) mass is 280 g/mol. The van der Waals surface area contributed by atoms with E-state index in [9.17, 15) is 5.11 Å². The van der Waals surface area contributed by atoms with Crippen LogP contribution in [0.3, 0.4) is 0 Å². The lowest BCUT2D eigenvalue weighted by Crippen LogP contribution is -2.34. The quantitative estimate of drug-likeness (QED) is 0.850. The molecule has 0 amide bonds. The zero-order valence-corrected chi connectivity index (χ0v) is 13.2. The van der Waals surface area contributed by atoms with Crippen LogP contribution in [0, 0.1) is 13.8 Å². The standard InChI is InChI=1S/C20H24O/c1-14-10-15(2)12-17(11-14)13-20(21)9-8-16(3)18-6-4-5-7-19(18)20/h4-7,10-12,16,21H,8-9,13H2,1-3H3. The average Bonchev–Trinajstić information content (AvgIpc) is 2.43. The first-order chi connectivity index (χ1) is 9.98. The van der Waals surface area contributed by atoms with Crippen LogP contribution < -0.4 is 0 Å². The summed E-state index contributed by atoms with van der Waals surface area (Å²) in [6.45, 7) is 6.50. The van der Waals surface area contributed by atoms with E-state index >= 15 is 0 Å². The molecule has 1 aliphatic rings. The predicted octanol–water partition coefficient (Wildman–Crippen LogP) is 4.63. The zero-order valence-electron chi connectivity index (χ0n) is 13.2. The first kappa shape index (κ1) is 14.3. The summed E-state index contributed by atoms with van der Waals surface area (Å²) in [6.07, 6.45) is 2.61. The van der Waals surface area contributed by atoms with E-state index in [1.807, 2.05) is 6.07 Å². The predicted molar refractivity (Wildman–Crippen MR) is 87.6 cm³/mol. The van der Waals surface area contributed by atoms with E-state index in [0.717, 1.165) is 18.4 Å². The van der Waals surface area contributed by atoms with Crippen LogP contribution in [0.4, 0.5) is 0 Å². The van der Waals surface area contributed by atoms with Crippen molar-refractivity contribution in [2.45, 2.75) is 51.6 Å². The minimum Gasteiger partial charge on any atom is -0.385 e. The van der Waals surface area contributed by atoms with Gasteiger partial charge in [0, 0.05) is 6.42 Å². The van der Waals surface area contributed by atoms with Crippen molar-refractivity contribution in [1.29, 1.82) is 0 Å². The highest BCUT2D eigenvalue weighted by atomic mass is 16.3. The molecule has 2 unspecified atom stereocenters. The third-order valence-electron chi connectivity index (χ3n) is 4.76. The van der Waals surface area contributed by atoms with E-state index in [0.29, 0.717) is 12.3 Å². The Hall–Kier alpha value is -1.60. The number of fused-ring (bicyclic) bond motifs is 1. The van der Waals surface area contributed by atoms with Crippen molar-refractivity contribution in [3.05, 3.63) is 70.3 Å². The minimum absolute atomic E-state index is 0.542. The lowest BCUT2D eigenvalue weighted by atomic mass is 9.72. The molecule has 1 heteroatoms.